The molecule has 8 aromatic carbocycles. The van der Waals surface area contributed by atoms with Crippen LogP contribution in [0.15, 0.2) is 158 Å². The van der Waals surface area contributed by atoms with Gasteiger partial charge in [0.1, 0.15) is 0 Å². The molecule has 0 bridgehead atoms. The van der Waals surface area contributed by atoms with E-state index in [1.54, 1.807) is 0 Å². The fourth-order valence-electron chi connectivity index (χ4n) is 6.78. The van der Waals surface area contributed by atoms with Gasteiger partial charge in [-0.1, -0.05) is 82.9 Å². The van der Waals surface area contributed by atoms with Gasteiger partial charge in [-0.15, -0.1) is 108 Å². The molecule has 0 heterocycles. The first kappa shape index (κ1) is 45.4. The van der Waals surface area contributed by atoms with Crippen molar-refractivity contribution in [1.82, 2.24) is 0 Å². The first-order chi connectivity index (χ1) is 24.4. The first-order valence-corrected chi connectivity index (χ1v) is 21.7. The number of rotatable bonds is 2. The fourth-order valence-corrected chi connectivity index (χ4v) is 8.37. The molecule has 2 aliphatic carbocycles. The summed E-state index contributed by atoms with van der Waals surface area (Å²) < 4.78 is 0. The third kappa shape index (κ3) is 10.7. The van der Waals surface area contributed by atoms with Crippen molar-refractivity contribution in [3.8, 4) is 22.3 Å². The smallest absolute Gasteiger partial charge is 1.00 e. The van der Waals surface area contributed by atoms with Crippen molar-refractivity contribution in [1.29, 1.82) is 0 Å². The molecule has 0 spiro atoms. The molecule has 0 saturated heterocycles. The normalized spacial score (nSPS) is 10.9. The van der Waals surface area contributed by atoms with Gasteiger partial charge in [-0.2, -0.15) is 71.8 Å². The number of benzene rings is 6. The third-order valence-corrected chi connectivity index (χ3v) is 12.1. The average molecular weight is 901 g/mol. The Bertz CT molecular complexity index is 2050. The van der Waals surface area contributed by atoms with Crippen molar-refractivity contribution in [2.75, 3.05) is 26.7 Å². The minimum atomic E-state index is 0. The van der Waals surface area contributed by atoms with Crippen LogP contribution in [0.1, 0.15) is 22.3 Å². The van der Waals surface area contributed by atoms with Gasteiger partial charge in [0.25, 0.3) is 0 Å². The van der Waals surface area contributed by atoms with Crippen molar-refractivity contribution in [2.45, 2.75) is 12.8 Å². The molecule has 0 radical (unpaired) electrons. The summed E-state index contributed by atoms with van der Waals surface area (Å²) in [5.74, 6) is 0. The molecule has 0 saturated carbocycles. The van der Waals surface area contributed by atoms with Crippen LogP contribution in [0, 0.1) is 12.1 Å². The summed E-state index contributed by atoms with van der Waals surface area (Å²) >= 11 is 0. The van der Waals surface area contributed by atoms with Gasteiger partial charge >= 0.3 is 52.4 Å². The molecular weight excluding hydrogens is 859 g/mol. The minimum absolute atomic E-state index is 0. The van der Waals surface area contributed by atoms with Crippen molar-refractivity contribution >= 4 is 48.0 Å². The molecule has 0 aromatic heterocycles. The molecule has 0 unspecified atom stereocenters. The van der Waals surface area contributed by atoms with Gasteiger partial charge in [-0.3, -0.25) is 0 Å². The van der Waals surface area contributed by atoms with Crippen LogP contribution in [0.2, 0.25) is 0 Å². The van der Waals surface area contributed by atoms with Crippen LogP contribution in [0.5, 0.6) is 0 Å². The van der Waals surface area contributed by atoms with Crippen LogP contribution >= 0.6 is 15.8 Å². The summed E-state index contributed by atoms with van der Waals surface area (Å²) in [6.07, 6.45) is 2.10. The van der Waals surface area contributed by atoms with Crippen LogP contribution in [0.4, 0.5) is 0 Å². The van der Waals surface area contributed by atoms with E-state index in [0.29, 0.717) is 0 Å². The maximum atomic E-state index is 3.30. The molecule has 0 amide bonds. The van der Waals surface area contributed by atoms with Gasteiger partial charge in [-0.05, 0) is 39.5 Å². The Morgan fingerprint density at radius 1 is 0.444 bits per heavy atom. The molecule has 6 heteroatoms. The maximum absolute atomic E-state index is 3.30. The summed E-state index contributed by atoms with van der Waals surface area (Å²) in [6.45, 7) is 9.18. The molecule has 2 aliphatic rings. The fraction of sp³-hybridized carbons (Fsp3) is 0.125. The zero-order valence-electron chi connectivity index (χ0n) is 31.1. The second-order valence-electron chi connectivity index (χ2n) is 13.3. The van der Waals surface area contributed by atoms with Gasteiger partial charge < -0.3 is 9.41 Å². The Morgan fingerprint density at radius 3 is 1.19 bits per heavy atom. The predicted molar refractivity (Wildman–Crippen MR) is 223 cm³/mol. The first-order valence-electron chi connectivity index (χ1n) is 17.3. The number of halogens is 2. The second kappa shape index (κ2) is 21.4. The summed E-state index contributed by atoms with van der Waals surface area (Å²) in [7, 11) is 0.115. The van der Waals surface area contributed by atoms with E-state index >= 15 is 0 Å². The van der Waals surface area contributed by atoms with Crippen molar-refractivity contribution < 1.29 is 61.8 Å². The number of fused-ring (bicyclic) bond motifs is 8. The van der Waals surface area contributed by atoms with E-state index in [1.165, 1.54) is 76.7 Å². The second-order valence-corrected chi connectivity index (χ2v) is 17.9. The average Bonchev–Trinajstić information content (AvgIpc) is 3.94. The molecular formula is C48H42F2P2Zr2-2. The molecule has 54 heavy (non-hydrogen) atoms. The van der Waals surface area contributed by atoms with E-state index in [-0.39, 0.29) is 77.7 Å². The van der Waals surface area contributed by atoms with Crippen LogP contribution < -0.4 is 20.0 Å². The molecule has 268 valence electrons. The molecule has 0 fully saturated rings. The zero-order valence-corrected chi connectivity index (χ0v) is 37.8. The quantitative estimate of drug-likeness (QED) is 0.148. The Morgan fingerprint density at radius 2 is 0.796 bits per heavy atom. The Balaban J connectivity index is 0.000000189. The van der Waals surface area contributed by atoms with E-state index in [1.807, 2.05) is 12.1 Å². The third-order valence-electron chi connectivity index (χ3n) is 9.47. The van der Waals surface area contributed by atoms with E-state index in [0.717, 1.165) is 12.8 Å². The standard InChI is InChI=1S/2C13H9.2C11H12P.2FH.2Zr/c2*1-3-7-12-10(5-1)9-11-6-2-4-8-13(11)12;2*1-12(2)11-7-9-5-3-4-6-10(9)8-11;;;;/h2*1-5,7-8H,9H2;2*3-8H,1-2H3;2*1H;;/q4*-1;;;2*+2/p-2. The van der Waals surface area contributed by atoms with Crippen LogP contribution in [-0.4, -0.2) is 26.7 Å². The monoisotopic (exact) mass is 898 g/mol. The summed E-state index contributed by atoms with van der Waals surface area (Å²) in [6, 6.07) is 62.5. The van der Waals surface area contributed by atoms with Gasteiger partial charge in [0.05, 0.1) is 0 Å². The van der Waals surface area contributed by atoms with E-state index in [9.17, 15) is 0 Å². The molecule has 0 atom stereocenters. The summed E-state index contributed by atoms with van der Waals surface area (Å²) in [5, 5.41) is 8.53. The topological polar surface area (TPSA) is 0 Å². The molecule has 0 aliphatic heterocycles. The molecule has 0 N–H and O–H groups in total. The molecule has 8 aromatic rings. The van der Waals surface area contributed by atoms with E-state index in [2.05, 4.69) is 184 Å². The summed E-state index contributed by atoms with van der Waals surface area (Å²) in [4.78, 5) is 0. The largest absolute Gasteiger partial charge is 2.00 e. The van der Waals surface area contributed by atoms with E-state index < -0.39 is 0 Å². The summed E-state index contributed by atoms with van der Waals surface area (Å²) in [5.41, 5.74) is 11.0. The van der Waals surface area contributed by atoms with Crippen LogP contribution in [0.25, 0.3) is 43.8 Å². The van der Waals surface area contributed by atoms with Crippen molar-refractivity contribution in [2.24, 2.45) is 0 Å². The van der Waals surface area contributed by atoms with Crippen LogP contribution in [0.3, 0.4) is 0 Å². The Kier molecular flexibility index (Phi) is 18.0. The molecule has 0 nitrogen and oxygen atoms in total. The SMILES string of the molecule is CP(C)c1cc2ccccc2[cH-]1.CP(C)c1cc2ccccc2[cH-]1.[F-].[F-].[Zr+2].[Zr+2].[c-]1cccc2c1Cc1ccccc1-2.[c-]1cccc2c1Cc1ccccc1-2. The zero-order chi connectivity index (χ0) is 34.5. The van der Waals surface area contributed by atoms with Gasteiger partial charge in [0.2, 0.25) is 0 Å². The Labute approximate surface area is 360 Å². The van der Waals surface area contributed by atoms with Crippen molar-refractivity contribution in [3.05, 3.63) is 192 Å². The van der Waals surface area contributed by atoms with Gasteiger partial charge in [0.15, 0.2) is 0 Å². The Hall–Kier alpha value is -2.97. The van der Waals surface area contributed by atoms with Gasteiger partial charge in [-0.25, -0.2) is 0 Å². The maximum Gasteiger partial charge on any atom is 2.00 e. The van der Waals surface area contributed by atoms with Gasteiger partial charge in [0, 0.05) is 0 Å². The van der Waals surface area contributed by atoms with Crippen LogP contribution in [-0.2, 0) is 65.2 Å². The number of hydrogen-bond donors (Lipinski definition) is 0. The number of hydrogen-bond acceptors (Lipinski definition) is 0. The van der Waals surface area contributed by atoms with Crippen molar-refractivity contribution in [3.63, 3.8) is 0 Å². The van der Waals surface area contributed by atoms with E-state index in [4.69, 9.17) is 0 Å². The predicted octanol–water partition coefficient (Wildman–Crippen LogP) is 5.97. The minimum Gasteiger partial charge on any atom is -1.00 e. The molecule has 10 rings (SSSR count).